The highest BCUT2D eigenvalue weighted by molar-refractivity contribution is 7.07. The number of carbonyl (C=O) groups is 1. The Hall–Kier alpha value is -5.49. The number of aromatic nitrogens is 1. The second kappa shape index (κ2) is 11.9. The molecule has 6 rings (SSSR count). The summed E-state index contributed by atoms with van der Waals surface area (Å²) in [4.78, 5) is 43.3. The molecule has 0 N–H and O–H groups in total. The number of nitrogens with zero attached hydrogens (tertiary/aromatic N) is 3. The topological polar surface area (TPSA) is 135 Å². The predicted molar refractivity (Wildman–Crippen MR) is 168 cm³/mol. The van der Waals surface area contributed by atoms with Crippen LogP contribution in [0.3, 0.4) is 0 Å². The van der Waals surface area contributed by atoms with Crippen LogP contribution < -0.4 is 24.4 Å². The minimum absolute atomic E-state index is 0.0278. The maximum absolute atomic E-state index is 14.2. The molecule has 0 aliphatic carbocycles. The third kappa shape index (κ3) is 5.29. The number of esters is 1. The molecule has 0 saturated carbocycles. The van der Waals surface area contributed by atoms with Gasteiger partial charge < -0.3 is 18.6 Å². The lowest BCUT2D eigenvalue weighted by molar-refractivity contribution is -0.384. The molecule has 5 aromatic rings. The number of hydrogen-bond donors (Lipinski definition) is 0. The average molecular weight is 626 g/mol. The third-order valence-electron chi connectivity index (χ3n) is 7.50. The smallest absolute Gasteiger partial charge is 0.338 e. The molecule has 3 heterocycles. The second-order valence-electron chi connectivity index (χ2n) is 10.1. The fourth-order valence-corrected chi connectivity index (χ4v) is 6.44. The van der Waals surface area contributed by atoms with E-state index in [1.165, 1.54) is 23.8 Å². The van der Waals surface area contributed by atoms with E-state index in [-0.39, 0.29) is 23.4 Å². The fraction of sp³-hybridized carbons (Fsp3) is 0.182. The molecule has 1 aliphatic rings. The molecule has 3 aromatic carbocycles. The lowest BCUT2D eigenvalue weighted by Gasteiger charge is -2.27. The number of fused-ring (bicyclic) bond motifs is 2. The number of thiazole rings is 1. The van der Waals surface area contributed by atoms with Crippen molar-refractivity contribution in [3.8, 4) is 22.8 Å². The molecule has 2 aromatic heterocycles. The number of benzene rings is 3. The van der Waals surface area contributed by atoms with Crippen LogP contribution in [0.25, 0.3) is 28.2 Å². The number of methoxy groups -OCH3 is 2. The molecular formula is C33H27N3O8S. The van der Waals surface area contributed by atoms with E-state index in [0.717, 1.165) is 22.1 Å². The highest BCUT2D eigenvalue weighted by Crippen LogP contribution is 2.41. The zero-order valence-corrected chi connectivity index (χ0v) is 25.5. The second-order valence-corrected chi connectivity index (χ2v) is 11.1. The molecular weight excluding hydrogens is 598 g/mol. The van der Waals surface area contributed by atoms with Crippen LogP contribution in [-0.2, 0) is 9.53 Å². The minimum Gasteiger partial charge on any atom is -0.497 e. The first kappa shape index (κ1) is 29.6. The molecule has 45 heavy (non-hydrogen) atoms. The summed E-state index contributed by atoms with van der Waals surface area (Å²) in [6.07, 6.45) is 1.61. The number of hydrogen-bond acceptors (Lipinski definition) is 10. The highest BCUT2D eigenvalue weighted by atomic mass is 32.1. The summed E-state index contributed by atoms with van der Waals surface area (Å²) in [6, 6.07) is 17.8. The van der Waals surface area contributed by atoms with Gasteiger partial charge in [0, 0.05) is 29.3 Å². The van der Waals surface area contributed by atoms with Gasteiger partial charge in [0.25, 0.3) is 11.2 Å². The Morgan fingerprint density at radius 3 is 2.53 bits per heavy atom. The molecule has 12 heteroatoms. The van der Waals surface area contributed by atoms with E-state index in [4.69, 9.17) is 18.6 Å². The van der Waals surface area contributed by atoms with Gasteiger partial charge in [0.05, 0.1) is 41.6 Å². The number of nitro groups is 1. The van der Waals surface area contributed by atoms with E-state index in [1.54, 1.807) is 57.4 Å². The average Bonchev–Trinajstić information content (AvgIpc) is 3.63. The number of rotatable bonds is 8. The Morgan fingerprint density at radius 1 is 1.09 bits per heavy atom. The van der Waals surface area contributed by atoms with Gasteiger partial charge in [-0.2, -0.15) is 0 Å². The van der Waals surface area contributed by atoms with Crippen molar-refractivity contribution < 1.29 is 28.3 Å². The lowest BCUT2D eigenvalue weighted by atomic mass is 9.90. The number of allylic oxidation sites excluding steroid dienone is 1. The van der Waals surface area contributed by atoms with Crippen LogP contribution in [0.15, 0.2) is 92.2 Å². The number of nitro benzene ring substituents is 1. The van der Waals surface area contributed by atoms with Crippen molar-refractivity contribution in [3.05, 3.63) is 119 Å². The Labute approximate surface area is 260 Å². The third-order valence-corrected chi connectivity index (χ3v) is 8.49. The van der Waals surface area contributed by atoms with Crippen molar-refractivity contribution in [2.45, 2.75) is 19.9 Å². The monoisotopic (exact) mass is 625 g/mol. The first-order chi connectivity index (χ1) is 21.7. The molecule has 11 nitrogen and oxygen atoms in total. The van der Waals surface area contributed by atoms with Gasteiger partial charge in [-0.15, -0.1) is 0 Å². The van der Waals surface area contributed by atoms with Gasteiger partial charge in [0.15, 0.2) is 4.80 Å². The minimum atomic E-state index is -0.916. The van der Waals surface area contributed by atoms with E-state index in [0.29, 0.717) is 49.2 Å². The maximum atomic E-state index is 14.2. The Morgan fingerprint density at radius 2 is 1.84 bits per heavy atom. The van der Waals surface area contributed by atoms with Crippen molar-refractivity contribution in [1.29, 1.82) is 0 Å². The highest BCUT2D eigenvalue weighted by Gasteiger charge is 2.36. The summed E-state index contributed by atoms with van der Waals surface area (Å²) < 4.78 is 24.6. The molecule has 0 radical (unpaired) electrons. The number of non-ortho nitro benzene ring substituents is 1. The number of furan rings is 1. The molecule has 0 amide bonds. The molecule has 0 bridgehead atoms. The Kier molecular flexibility index (Phi) is 7.81. The Bertz CT molecular complexity index is 2190. The van der Waals surface area contributed by atoms with Crippen molar-refractivity contribution in [3.63, 3.8) is 0 Å². The van der Waals surface area contributed by atoms with Gasteiger partial charge in [0.2, 0.25) is 0 Å². The SMILES string of the molecule is CCOC(=O)C1=C(C)N=c2sc(=Cc3ccc(-c4ccc([N+](=O)[O-])cc4)o3)c(=O)n2C1c1c(OC)ccc2ccc(OC)cc12. The lowest BCUT2D eigenvalue weighted by Crippen LogP contribution is -2.40. The van der Waals surface area contributed by atoms with Gasteiger partial charge >= 0.3 is 5.97 Å². The largest absolute Gasteiger partial charge is 0.497 e. The van der Waals surface area contributed by atoms with Gasteiger partial charge in [-0.25, -0.2) is 9.79 Å². The van der Waals surface area contributed by atoms with Crippen LogP contribution in [0, 0.1) is 10.1 Å². The van der Waals surface area contributed by atoms with Crippen LogP contribution >= 0.6 is 11.3 Å². The summed E-state index contributed by atoms with van der Waals surface area (Å²) in [5, 5.41) is 12.6. The van der Waals surface area contributed by atoms with Crippen LogP contribution in [0.2, 0.25) is 0 Å². The predicted octanol–water partition coefficient (Wildman–Crippen LogP) is 5.14. The summed E-state index contributed by atoms with van der Waals surface area (Å²) in [5.41, 5.74) is 1.48. The van der Waals surface area contributed by atoms with E-state index in [2.05, 4.69) is 4.99 Å². The zero-order chi connectivity index (χ0) is 31.8. The molecule has 1 atom stereocenters. The van der Waals surface area contributed by atoms with Gasteiger partial charge in [-0.05, 0) is 67.1 Å². The number of carbonyl (C=O) groups excluding carboxylic acids is 1. The van der Waals surface area contributed by atoms with Gasteiger partial charge in [-0.3, -0.25) is 19.5 Å². The first-order valence-electron chi connectivity index (χ1n) is 13.9. The first-order valence-corrected chi connectivity index (χ1v) is 14.7. The van der Waals surface area contributed by atoms with Crippen molar-refractivity contribution >= 4 is 39.8 Å². The normalized spacial score (nSPS) is 14.7. The summed E-state index contributed by atoms with van der Waals surface area (Å²) in [7, 11) is 3.11. The molecule has 1 unspecified atom stereocenters. The van der Waals surface area contributed by atoms with Crippen LogP contribution in [-0.4, -0.2) is 36.3 Å². The van der Waals surface area contributed by atoms with E-state index >= 15 is 0 Å². The summed E-state index contributed by atoms with van der Waals surface area (Å²) in [5.74, 6) is 1.38. The van der Waals surface area contributed by atoms with Crippen molar-refractivity contribution in [2.24, 2.45) is 4.99 Å². The molecule has 0 saturated heterocycles. The van der Waals surface area contributed by atoms with Crippen LogP contribution in [0.1, 0.15) is 31.2 Å². The van der Waals surface area contributed by atoms with E-state index in [9.17, 15) is 19.7 Å². The van der Waals surface area contributed by atoms with Crippen LogP contribution in [0.4, 0.5) is 5.69 Å². The van der Waals surface area contributed by atoms with E-state index < -0.39 is 16.9 Å². The zero-order valence-electron chi connectivity index (χ0n) is 24.7. The molecule has 0 fully saturated rings. The van der Waals surface area contributed by atoms with Crippen molar-refractivity contribution in [1.82, 2.24) is 4.57 Å². The maximum Gasteiger partial charge on any atom is 0.338 e. The molecule has 228 valence electrons. The Balaban J connectivity index is 1.55. The van der Waals surface area contributed by atoms with Gasteiger partial charge in [0.1, 0.15) is 29.1 Å². The van der Waals surface area contributed by atoms with Crippen molar-refractivity contribution in [2.75, 3.05) is 20.8 Å². The number of ether oxygens (including phenoxy) is 3. The van der Waals surface area contributed by atoms with Gasteiger partial charge in [-0.1, -0.05) is 23.5 Å². The summed E-state index contributed by atoms with van der Waals surface area (Å²) in [6.45, 7) is 3.58. The molecule has 1 aliphatic heterocycles. The standard InChI is InChI=1S/C33H27N3O8S/c1-5-43-32(38)28-18(2)34-33-35(30(28)29-24-16-22(41-3)12-8-19(24)9-14-26(29)42-4)31(37)27(45-33)17-23-13-15-25(44-23)20-6-10-21(11-7-20)36(39)40/h6-17,30H,5H2,1-4H3. The quantitative estimate of drug-likeness (QED) is 0.131. The van der Waals surface area contributed by atoms with E-state index in [1.807, 2.05) is 24.3 Å². The summed E-state index contributed by atoms with van der Waals surface area (Å²) >= 11 is 1.16. The fourth-order valence-electron chi connectivity index (χ4n) is 5.42. The molecule has 0 spiro atoms. The van der Waals surface area contributed by atoms with Crippen LogP contribution in [0.5, 0.6) is 11.5 Å².